The molecule has 0 fully saturated rings. The molecule has 0 atom stereocenters. The van der Waals surface area contributed by atoms with Gasteiger partial charge >= 0.3 is 5.69 Å². The molecule has 0 aliphatic carbocycles. The van der Waals surface area contributed by atoms with Crippen LogP contribution in [0.2, 0.25) is 0 Å². The molecule has 2 heterocycles. The molecule has 0 saturated carbocycles. The summed E-state index contributed by atoms with van der Waals surface area (Å²) in [5.74, 6) is 1.17. The SMILES string of the molecule is COc1ccc2[nH]c(=O)n(-c3ccco3)c2c1. The standard InChI is InChI=1S/C12H10N2O3/c1-16-8-4-5-9-10(7-8)14(12(15)13-9)11-3-2-6-17-11/h2-7H,1H3,(H,13,15). The zero-order valence-corrected chi connectivity index (χ0v) is 9.14. The Labute approximate surface area is 96.2 Å². The topological polar surface area (TPSA) is 60.2 Å². The molecule has 0 bridgehead atoms. The van der Waals surface area contributed by atoms with Gasteiger partial charge < -0.3 is 14.1 Å². The molecule has 5 nitrogen and oxygen atoms in total. The van der Waals surface area contributed by atoms with Crippen LogP contribution in [0, 0.1) is 0 Å². The van der Waals surface area contributed by atoms with Crippen LogP contribution in [0.5, 0.6) is 5.75 Å². The molecule has 86 valence electrons. The van der Waals surface area contributed by atoms with Gasteiger partial charge in [-0.15, -0.1) is 0 Å². The van der Waals surface area contributed by atoms with Crippen molar-refractivity contribution in [3.63, 3.8) is 0 Å². The Morgan fingerprint density at radius 3 is 2.94 bits per heavy atom. The van der Waals surface area contributed by atoms with Crippen LogP contribution >= 0.6 is 0 Å². The number of nitrogens with zero attached hydrogens (tertiary/aromatic N) is 1. The van der Waals surface area contributed by atoms with Gasteiger partial charge in [0.05, 0.1) is 24.4 Å². The van der Waals surface area contributed by atoms with Crippen LogP contribution in [0.15, 0.2) is 45.8 Å². The molecule has 3 rings (SSSR count). The van der Waals surface area contributed by atoms with Crippen molar-refractivity contribution in [3.8, 4) is 11.6 Å². The largest absolute Gasteiger partial charge is 0.497 e. The van der Waals surface area contributed by atoms with Crippen molar-refractivity contribution in [2.24, 2.45) is 0 Å². The first-order valence-electron chi connectivity index (χ1n) is 5.12. The zero-order valence-electron chi connectivity index (χ0n) is 9.14. The molecule has 0 saturated heterocycles. The minimum atomic E-state index is -0.233. The minimum Gasteiger partial charge on any atom is -0.497 e. The average molecular weight is 230 g/mol. The Bertz CT molecular complexity index is 707. The second kappa shape index (κ2) is 3.55. The number of rotatable bonds is 2. The van der Waals surface area contributed by atoms with Crippen molar-refractivity contribution in [1.82, 2.24) is 9.55 Å². The van der Waals surface area contributed by atoms with Crippen molar-refractivity contribution in [3.05, 3.63) is 47.1 Å². The summed E-state index contributed by atoms with van der Waals surface area (Å²) in [7, 11) is 1.59. The summed E-state index contributed by atoms with van der Waals surface area (Å²) in [6, 6.07) is 8.85. The molecule has 1 aromatic carbocycles. The first kappa shape index (κ1) is 9.77. The molecule has 1 N–H and O–H groups in total. The van der Waals surface area contributed by atoms with E-state index in [-0.39, 0.29) is 5.69 Å². The lowest BCUT2D eigenvalue weighted by Crippen LogP contribution is -2.13. The average Bonchev–Trinajstić information content (AvgIpc) is 2.93. The lowest BCUT2D eigenvalue weighted by Gasteiger charge is -2.01. The number of nitrogens with one attached hydrogen (secondary N) is 1. The smallest absolute Gasteiger partial charge is 0.333 e. The van der Waals surface area contributed by atoms with Crippen LogP contribution in [-0.4, -0.2) is 16.7 Å². The molecule has 0 spiro atoms. The number of fused-ring (bicyclic) bond motifs is 1. The molecule has 0 aliphatic rings. The van der Waals surface area contributed by atoms with Gasteiger partial charge in [-0.05, 0) is 18.2 Å². The molecular formula is C12H10N2O3. The van der Waals surface area contributed by atoms with E-state index in [0.717, 1.165) is 11.0 Å². The summed E-state index contributed by atoms with van der Waals surface area (Å²) in [5.41, 5.74) is 1.24. The number of furan rings is 1. The molecule has 0 aliphatic heterocycles. The number of ether oxygens (including phenoxy) is 1. The monoisotopic (exact) mass is 230 g/mol. The van der Waals surface area contributed by atoms with E-state index >= 15 is 0 Å². The molecule has 2 aromatic heterocycles. The van der Waals surface area contributed by atoms with Crippen LogP contribution in [0.1, 0.15) is 0 Å². The highest BCUT2D eigenvalue weighted by atomic mass is 16.5. The highest BCUT2D eigenvalue weighted by Gasteiger charge is 2.11. The highest BCUT2D eigenvalue weighted by Crippen LogP contribution is 2.20. The van der Waals surface area contributed by atoms with Crippen LogP contribution < -0.4 is 10.4 Å². The quantitative estimate of drug-likeness (QED) is 0.731. The molecule has 0 unspecified atom stereocenters. The molecule has 0 amide bonds. The van der Waals surface area contributed by atoms with E-state index in [1.165, 1.54) is 10.8 Å². The van der Waals surface area contributed by atoms with Crippen molar-refractivity contribution >= 4 is 11.0 Å². The third-order valence-electron chi connectivity index (χ3n) is 2.62. The Morgan fingerprint density at radius 2 is 2.24 bits per heavy atom. The fraction of sp³-hybridized carbons (Fsp3) is 0.0833. The van der Waals surface area contributed by atoms with Gasteiger partial charge in [-0.2, -0.15) is 0 Å². The summed E-state index contributed by atoms with van der Waals surface area (Å²) >= 11 is 0. The van der Waals surface area contributed by atoms with E-state index in [0.29, 0.717) is 11.6 Å². The number of imidazole rings is 1. The van der Waals surface area contributed by atoms with Crippen LogP contribution in [-0.2, 0) is 0 Å². The number of methoxy groups -OCH3 is 1. The van der Waals surface area contributed by atoms with Gasteiger partial charge in [-0.1, -0.05) is 0 Å². The fourth-order valence-corrected chi connectivity index (χ4v) is 1.83. The maximum atomic E-state index is 11.8. The van der Waals surface area contributed by atoms with Gasteiger partial charge in [0.2, 0.25) is 5.88 Å². The summed E-state index contributed by atoms with van der Waals surface area (Å²) in [4.78, 5) is 14.6. The normalized spacial score (nSPS) is 10.9. The van der Waals surface area contributed by atoms with E-state index in [9.17, 15) is 4.79 Å². The lowest BCUT2D eigenvalue weighted by molar-refractivity contribution is 0.415. The van der Waals surface area contributed by atoms with E-state index in [4.69, 9.17) is 9.15 Å². The third kappa shape index (κ3) is 1.44. The molecular weight excluding hydrogens is 220 g/mol. The van der Waals surface area contributed by atoms with Gasteiger partial charge in [0.1, 0.15) is 5.75 Å². The summed E-state index contributed by atoms with van der Waals surface area (Å²) in [6.07, 6.45) is 1.53. The molecule has 17 heavy (non-hydrogen) atoms. The summed E-state index contributed by atoms with van der Waals surface area (Å²) in [6.45, 7) is 0. The Balaban J connectivity index is 2.36. The Morgan fingerprint density at radius 1 is 1.35 bits per heavy atom. The van der Waals surface area contributed by atoms with Gasteiger partial charge in [0, 0.05) is 12.1 Å². The minimum absolute atomic E-state index is 0.233. The van der Waals surface area contributed by atoms with E-state index in [1.54, 1.807) is 37.4 Å². The fourth-order valence-electron chi connectivity index (χ4n) is 1.83. The number of aromatic nitrogens is 2. The van der Waals surface area contributed by atoms with Crippen molar-refractivity contribution in [2.45, 2.75) is 0 Å². The van der Waals surface area contributed by atoms with E-state index < -0.39 is 0 Å². The number of aromatic amines is 1. The lowest BCUT2D eigenvalue weighted by atomic mass is 10.3. The Hall–Kier alpha value is -2.43. The first-order valence-corrected chi connectivity index (χ1v) is 5.12. The maximum Gasteiger partial charge on any atom is 0.333 e. The number of hydrogen-bond donors (Lipinski definition) is 1. The first-order chi connectivity index (χ1) is 8.29. The van der Waals surface area contributed by atoms with Gasteiger partial charge in [0.25, 0.3) is 0 Å². The molecule has 0 radical (unpaired) electrons. The number of H-pyrrole nitrogens is 1. The van der Waals surface area contributed by atoms with E-state index in [1.807, 2.05) is 0 Å². The molecule has 5 heteroatoms. The third-order valence-corrected chi connectivity index (χ3v) is 2.62. The van der Waals surface area contributed by atoms with Crippen LogP contribution in [0.4, 0.5) is 0 Å². The van der Waals surface area contributed by atoms with Crippen LogP contribution in [0.3, 0.4) is 0 Å². The van der Waals surface area contributed by atoms with Crippen molar-refractivity contribution < 1.29 is 9.15 Å². The number of hydrogen-bond acceptors (Lipinski definition) is 3. The van der Waals surface area contributed by atoms with E-state index in [2.05, 4.69) is 4.98 Å². The second-order valence-corrected chi connectivity index (χ2v) is 3.60. The van der Waals surface area contributed by atoms with Crippen molar-refractivity contribution in [1.29, 1.82) is 0 Å². The van der Waals surface area contributed by atoms with Crippen LogP contribution in [0.25, 0.3) is 16.9 Å². The molecule has 3 aromatic rings. The Kier molecular flexibility index (Phi) is 2.04. The zero-order chi connectivity index (χ0) is 11.8. The maximum absolute atomic E-state index is 11.8. The second-order valence-electron chi connectivity index (χ2n) is 3.60. The highest BCUT2D eigenvalue weighted by molar-refractivity contribution is 5.78. The van der Waals surface area contributed by atoms with Gasteiger partial charge in [-0.25, -0.2) is 9.36 Å². The predicted molar refractivity (Wildman–Crippen MR) is 62.7 cm³/mol. The van der Waals surface area contributed by atoms with Gasteiger partial charge in [0.15, 0.2) is 0 Å². The summed E-state index contributed by atoms with van der Waals surface area (Å²) < 4.78 is 11.9. The predicted octanol–water partition coefficient (Wildman–Crippen LogP) is 1.92. The van der Waals surface area contributed by atoms with Crippen molar-refractivity contribution in [2.75, 3.05) is 7.11 Å². The number of benzene rings is 1. The van der Waals surface area contributed by atoms with Gasteiger partial charge in [-0.3, -0.25) is 0 Å². The summed E-state index contributed by atoms with van der Waals surface area (Å²) in [5, 5.41) is 0.